The van der Waals surface area contributed by atoms with Crippen LogP contribution in [0, 0.1) is 0 Å². The van der Waals surface area contributed by atoms with Crippen molar-refractivity contribution in [1.82, 2.24) is 15.0 Å². The Bertz CT molecular complexity index is 1140. The fourth-order valence-corrected chi connectivity index (χ4v) is 4.88. The predicted molar refractivity (Wildman–Crippen MR) is 143 cm³/mol. The van der Waals surface area contributed by atoms with Crippen molar-refractivity contribution in [2.24, 2.45) is 0 Å². The van der Waals surface area contributed by atoms with E-state index in [1.54, 1.807) is 0 Å². The van der Waals surface area contributed by atoms with Crippen LogP contribution in [0.15, 0.2) is 102 Å². The van der Waals surface area contributed by atoms with Crippen molar-refractivity contribution in [1.29, 1.82) is 0 Å². The molecule has 4 nitrogen and oxygen atoms in total. The average molecular weight is 464 g/mol. The Morgan fingerprint density at radius 3 is 1.97 bits per heavy atom. The van der Waals surface area contributed by atoms with Crippen LogP contribution >= 0.6 is 0 Å². The number of aryl methyl sites for hydroxylation is 1. The largest absolute Gasteiger partial charge is 0.361 e. The van der Waals surface area contributed by atoms with E-state index in [1.807, 2.05) is 24.3 Å². The third-order valence-electron chi connectivity index (χ3n) is 6.72. The van der Waals surface area contributed by atoms with Crippen LogP contribution in [0.4, 0.5) is 0 Å². The van der Waals surface area contributed by atoms with Crippen LogP contribution in [-0.4, -0.2) is 47.7 Å². The first kappa shape index (κ1) is 23.3. The van der Waals surface area contributed by atoms with Crippen molar-refractivity contribution in [2.45, 2.75) is 18.9 Å². The Balaban J connectivity index is 1.11. The molecule has 1 aliphatic rings. The van der Waals surface area contributed by atoms with E-state index in [2.05, 4.69) is 99.9 Å². The number of nitrogens with zero attached hydrogens (tertiary/aromatic N) is 3. The molecule has 1 aromatic heterocycles. The Hall–Kier alpha value is -3.47. The van der Waals surface area contributed by atoms with Gasteiger partial charge in [0.2, 0.25) is 0 Å². The molecular weight excluding hydrogens is 430 g/mol. The van der Waals surface area contributed by atoms with Gasteiger partial charge in [-0.3, -0.25) is 4.90 Å². The molecule has 1 aliphatic heterocycles. The topological polar surface area (TPSA) is 32.5 Å². The summed E-state index contributed by atoms with van der Waals surface area (Å²) in [6.45, 7) is 5.43. The number of hydrogen-bond acceptors (Lipinski definition) is 4. The molecule has 2 heterocycles. The molecule has 0 unspecified atom stereocenters. The fraction of sp³-hybridized carbons (Fsp3) is 0.258. The van der Waals surface area contributed by atoms with Crippen molar-refractivity contribution >= 4 is 12.2 Å². The molecule has 0 bridgehead atoms. The molecule has 0 aliphatic carbocycles. The molecule has 4 heteroatoms. The lowest BCUT2D eigenvalue weighted by Gasteiger charge is -2.39. The molecule has 0 N–H and O–H groups in total. The monoisotopic (exact) mass is 463 g/mol. The van der Waals surface area contributed by atoms with Crippen LogP contribution in [0.3, 0.4) is 0 Å². The molecule has 0 spiro atoms. The minimum Gasteiger partial charge on any atom is -0.361 e. The quantitative estimate of drug-likeness (QED) is 0.296. The summed E-state index contributed by atoms with van der Waals surface area (Å²) in [6.07, 6.45) is 6.08. The molecule has 178 valence electrons. The Kier molecular flexibility index (Phi) is 7.84. The zero-order chi connectivity index (χ0) is 23.7. The molecule has 1 fully saturated rings. The minimum absolute atomic E-state index is 0.316. The molecule has 35 heavy (non-hydrogen) atoms. The zero-order valence-corrected chi connectivity index (χ0v) is 20.2. The second-order valence-electron chi connectivity index (χ2n) is 9.17. The maximum atomic E-state index is 5.56. The van der Waals surface area contributed by atoms with Crippen LogP contribution in [-0.2, 0) is 6.42 Å². The lowest BCUT2D eigenvalue weighted by molar-refractivity contribution is 0.108. The van der Waals surface area contributed by atoms with E-state index >= 15 is 0 Å². The molecule has 1 saturated heterocycles. The summed E-state index contributed by atoms with van der Waals surface area (Å²) < 4.78 is 5.56. The van der Waals surface area contributed by atoms with Gasteiger partial charge in [0.25, 0.3) is 0 Å². The van der Waals surface area contributed by atoms with Gasteiger partial charge in [0.15, 0.2) is 0 Å². The van der Waals surface area contributed by atoms with Gasteiger partial charge in [0, 0.05) is 38.7 Å². The Labute approximate surface area is 208 Å². The number of rotatable bonds is 9. The fourth-order valence-electron chi connectivity index (χ4n) is 4.88. The van der Waals surface area contributed by atoms with Crippen molar-refractivity contribution in [2.75, 3.05) is 32.7 Å². The van der Waals surface area contributed by atoms with E-state index in [4.69, 9.17) is 4.52 Å². The van der Waals surface area contributed by atoms with Gasteiger partial charge < -0.3 is 9.42 Å². The maximum Gasteiger partial charge on any atom is 0.137 e. The van der Waals surface area contributed by atoms with E-state index in [-0.39, 0.29) is 0 Å². The van der Waals surface area contributed by atoms with Gasteiger partial charge in [-0.1, -0.05) is 102 Å². The molecule has 3 aromatic carbocycles. The van der Waals surface area contributed by atoms with Gasteiger partial charge in [-0.05, 0) is 35.7 Å². The summed E-state index contributed by atoms with van der Waals surface area (Å²) in [7, 11) is 0. The summed E-state index contributed by atoms with van der Waals surface area (Å²) in [6, 6.07) is 34.4. The Morgan fingerprint density at radius 2 is 1.34 bits per heavy atom. The molecule has 0 amide bonds. The molecule has 0 atom stereocenters. The summed E-state index contributed by atoms with van der Waals surface area (Å²) in [5.41, 5.74) is 4.78. The minimum atomic E-state index is 0.316. The van der Waals surface area contributed by atoms with E-state index < -0.39 is 0 Å². The highest BCUT2D eigenvalue weighted by Gasteiger charge is 2.26. The summed E-state index contributed by atoms with van der Waals surface area (Å²) in [4.78, 5) is 5.21. The first-order valence-electron chi connectivity index (χ1n) is 12.6. The van der Waals surface area contributed by atoms with Gasteiger partial charge in [-0.15, -0.1) is 0 Å². The number of aromatic nitrogens is 1. The second-order valence-corrected chi connectivity index (χ2v) is 9.17. The lowest BCUT2D eigenvalue weighted by Crippen LogP contribution is -2.48. The van der Waals surface area contributed by atoms with Crippen LogP contribution < -0.4 is 0 Å². The summed E-state index contributed by atoms with van der Waals surface area (Å²) in [5.74, 6) is 0.963. The predicted octanol–water partition coefficient (Wildman–Crippen LogP) is 6.18. The van der Waals surface area contributed by atoms with E-state index in [1.165, 1.54) is 11.1 Å². The van der Waals surface area contributed by atoms with Gasteiger partial charge in [-0.25, -0.2) is 0 Å². The molecular formula is C31H33N3O. The molecule has 0 radical (unpaired) electrons. The first-order chi connectivity index (χ1) is 17.3. The van der Waals surface area contributed by atoms with Crippen molar-refractivity contribution < 1.29 is 4.52 Å². The first-order valence-corrected chi connectivity index (χ1v) is 12.6. The van der Waals surface area contributed by atoms with E-state index in [9.17, 15) is 0 Å². The van der Waals surface area contributed by atoms with Gasteiger partial charge in [0.1, 0.15) is 11.5 Å². The highest BCUT2D eigenvalue weighted by Crippen LogP contribution is 2.29. The molecule has 0 saturated carbocycles. The van der Waals surface area contributed by atoms with E-state index in [0.29, 0.717) is 6.04 Å². The highest BCUT2D eigenvalue weighted by molar-refractivity contribution is 5.67. The zero-order valence-electron chi connectivity index (χ0n) is 20.2. The van der Waals surface area contributed by atoms with Crippen LogP contribution in [0.5, 0.6) is 0 Å². The lowest BCUT2D eigenvalue weighted by atomic mass is 9.96. The van der Waals surface area contributed by atoms with Gasteiger partial charge >= 0.3 is 0 Å². The SMILES string of the molecule is C(=C\c1cc(CCCN2CCN(C(c3ccccc3)c3ccccc3)CC2)on1)/c1ccccc1. The number of benzene rings is 3. The average Bonchev–Trinajstić information content (AvgIpc) is 3.38. The van der Waals surface area contributed by atoms with Crippen molar-refractivity contribution in [3.05, 3.63) is 125 Å². The molecule has 5 rings (SSSR count). The normalized spacial score (nSPS) is 15.2. The summed E-state index contributed by atoms with van der Waals surface area (Å²) >= 11 is 0. The van der Waals surface area contributed by atoms with Gasteiger partial charge in [0.05, 0.1) is 6.04 Å². The van der Waals surface area contributed by atoms with Crippen LogP contribution in [0.25, 0.3) is 12.2 Å². The second kappa shape index (κ2) is 11.8. The van der Waals surface area contributed by atoms with E-state index in [0.717, 1.165) is 62.6 Å². The number of hydrogen-bond donors (Lipinski definition) is 0. The van der Waals surface area contributed by atoms with Gasteiger partial charge in [-0.2, -0.15) is 0 Å². The standard InChI is InChI=1S/C31H33N3O/c1-4-11-26(12-5-1)18-19-29-25-30(35-32-29)17-10-20-33-21-23-34(24-22-33)31(27-13-6-2-7-14-27)28-15-8-3-9-16-28/h1-9,11-16,18-19,25,31H,10,17,20-24H2/b19-18+. The van der Waals surface area contributed by atoms with Crippen LogP contribution in [0.2, 0.25) is 0 Å². The Morgan fingerprint density at radius 1 is 0.743 bits per heavy atom. The summed E-state index contributed by atoms with van der Waals surface area (Å²) in [5, 5.41) is 4.20. The number of piperazine rings is 1. The molecule has 4 aromatic rings. The maximum absolute atomic E-state index is 5.56. The van der Waals surface area contributed by atoms with Crippen molar-refractivity contribution in [3.8, 4) is 0 Å². The smallest absolute Gasteiger partial charge is 0.137 e. The third kappa shape index (κ3) is 6.36. The van der Waals surface area contributed by atoms with Crippen molar-refractivity contribution in [3.63, 3.8) is 0 Å². The van der Waals surface area contributed by atoms with Crippen LogP contribution in [0.1, 0.15) is 40.6 Å². The highest BCUT2D eigenvalue weighted by atomic mass is 16.5. The third-order valence-corrected chi connectivity index (χ3v) is 6.72.